The second-order valence-electron chi connectivity index (χ2n) is 2.80. The number of fused-ring (bicyclic) bond motifs is 1. The van der Waals surface area contributed by atoms with Gasteiger partial charge in [0.15, 0.2) is 6.29 Å². The molecule has 0 saturated carbocycles. The van der Waals surface area contributed by atoms with E-state index in [9.17, 15) is 5.11 Å². The van der Waals surface area contributed by atoms with Crippen molar-refractivity contribution < 1.29 is 9.84 Å². The van der Waals surface area contributed by atoms with E-state index in [-0.39, 0.29) is 0 Å². The molecule has 0 spiro atoms. The minimum absolute atomic E-state index is 0.447. The average molecular weight is 193 g/mol. The van der Waals surface area contributed by atoms with Crippen molar-refractivity contribution in [3.05, 3.63) is 30.4 Å². The third-order valence-electron chi connectivity index (χ3n) is 1.83. The molecule has 1 N–H and O–H groups in total. The maximum Gasteiger partial charge on any atom is 0.234 e. The van der Waals surface area contributed by atoms with E-state index in [1.165, 1.54) is 0 Å². The number of imidazole rings is 1. The molecule has 0 aliphatic heterocycles. The summed E-state index contributed by atoms with van der Waals surface area (Å²) in [7, 11) is 0. The second kappa shape index (κ2) is 3.73. The minimum Gasteiger partial charge on any atom is -0.363 e. The van der Waals surface area contributed by atoms with Crippen molar-refractivity contribution in [3.8, 4) is 0 Å². The molecule has 0 bridgehead atoms. The van der Waals surface area contributed by atoms with Gasteiger partial charge in [0, 0.05) is 25.2 Å². The van der Waals surface area contributed by atoms with Gasteiger partial charge in [-0.15, -0.1) is 0 Å². The predicted molar refractivity (Wildman–Crippen MR) is 49.6 cm³/mol. The van der Waals surface area contributed by atoms with Crippen LogP contribution in [0.2, 0.25) is 0 Å². The van der Waals surface area contributed by atoms with Gasteiger partial charge in [0.1, 0.15) is 5.69 Å². The largest absolute Gasteiger partial charge is 0.363 e. The quantitative estimate of drug-likeness (QED) is 0.731. The summed E-state index contributed by atoms with van der Waals surface area (Å²) in [4.78, 5) is 8.14. The van der Waals surface area contributed by atoms with Gasteiger partial charge in [-0.1, -0.05) is 0 Å². The van der Waals surface area contributed by atoms with Crippen LogP contribution in [0.4, 0.5) is 0 Å². The van der Waals surface area contributed by atoms with Gasteiger partial charge >= 0.3 is 0 Å². The van der Waals surface area contributed by atoms with Crippen molar-refractivity contribution in [2.45, 2.75) is 13.2 Å². The van der Waals surface area contributed by atoms with E-state index < -0.39 is 6.29 Å². The van der Waals surface area contributed by atoms with Gasteiger partial charge in [0.25, 0.3) is 0 Å². The van der Waals surface area contributed by atoms with Gasteiger partial charge in [-0.05, 0) is 13.0 Å². The van der Waals surface area contributed by atoms with Crippen molar-refractivity contribution >= 4 is 5.78 Å². The molecule has 2 heterocycles. The molecule has 1 unspecified atom stereocenters. The fourth-order valence-electron chi connectivity index (χ4n) is 1.21. The van der Waals surface area contributed by atoms with E-state index >= 15 is 0 Å². The Morgan fingerprint density at radius 1 is 1.64 bits per heavy atom. The molecule has 0 aliphatic carbocycles. The average Bonchev–Trinajstić information content (AvgIpc) is 2.61. The molecule has 5 nitrogen and oxygen atoms in total. The van der Waals surface area contributed by atoms with Gasteiger partial charge < -0.3 is 9.84 Å². The molecule has 0 saturated heterocycles. The molecule has 2 rings (SSSR count). The molecule has 14 heavy (non-hydrogen) atoms. The Hall–Kier alpha value is -1.46. The highest BCUT2D eigenvalue weighted by Gasteiger charge is 2.11. The van der Waals surface area contributed by atoms with Gasteiger partial charge in [-0.3, -0.25) is 4.40 Å². The SMILES string of the molecule is CCOC(O)c1cn2cccnc2n1. The number of aliphatic hydroxyl groups is 1. The van der Waals surface area contributed by atoms with Crippen molar-refractivity contribution in [2.24, 2.45) is 0 Å². The minimum atomic E-state index is -0.971. The van der Waals surface area contributed by atoms with Crippen molar-refractivity contribution in [3.63, 3.8) is 0 Å². The van der Waals surface area contributed by atoms with Crippen LogP contribution in [-0.2, 0) is 4.74 Å². The van der Waals surface area contributed by atoms with Gasteiger partial charge in [-0.25, -0.2) is 9.97 Å². The van der Waals surface area contributed by atoms with Crippen LogP contribution in [0.25, 0.3) is 5.78 Å². The fourth-order valence-corrected chi connectivity index (χ4v) is 1.21. The first-order valence-corrected chi connectivity index (χ1v) is 4.40. The first-order valence-electron chi connectivity index (χ1n) is 4.40. The molecule has 0 aliphatic rings. The molecule has 74 valence electrons. The summed E-state index contributed by atoms with van der Waals surface area (Å²) in [5.74, 6) is 0.557. The topological polar surface area (TPSA) is 59.7 Å². The number of rotatable bonds is 3. The standard InChI is InChI=1S/C9H11N3O2/c1-2-14-8(13)7-6-12-5-3-4-10-9(12)11-7/h3-6,8,13H,2H2,1H3. The maximum absolute atomic E-state index is 9.50. The van der Waals surface area contributed by atoms with Crippen molar-refractivity contribution in [1.29, 1.82) is 0 Å². The second-order valence-corrected chi connectivity index (χ2v) is 2.80. The van der Waals surface area contributed by atoms with Gasteiger partial charge in [-0.2, -0.15) is 0 Å². The van der Waals surface area contributed by atoms with Crippen LogP contribution < -0.4 is 0 Å². The molecule has 0 amide bonds. The lowest BCUT2D eigenvalue weighted by Gasteiger charge is -2.05. The highest BCUT2D eigenvalue weighted by Crippen LogP contribution is 2.12. The van der Waals surface area contributed by atoms with E-state index in [0.717, 1.165) is 0 Å². The van der Waals surface area contributed by atoms with Crippen molar-refractivity contribution in [1.82, 2.24) is 14.4 Å². The number of ether oxygens (including phenoxy) is 1. The summed E-state index contributed by atoms with van der Waals surface area (Å²) in [6.45, 7) is 2.26. The Morgan fingerprint density at radius 3 is 3.21 bits per heavy atom. The lowest BCUT2D eigenvalue weighted by Crippen LogP contribution is -2.02. The molecule has 0 aromatic carbocycles. The number of hydrogen-bond acceptors (Lipinski definition) is 4. The zero-order valence-corrected chi connectivity index (χ0v) is 7.79. The molecule has 2 aromatic rings. The van der Waals surface area contributed by atoms with Crippen LogP contribution in [0.3, 0.4) is 0 Å². The van der Waals surface area contributed by atoms with E-state index in [4.69, 9.17) is 4.74 Å². The number of aliphatic hydroxyl groups excluding tert-OH is 1. The highest BCUT2D eigenvalue weighted by molar-refractivity contribution is 5.29. The van der Waals surface area contributed by atoms with Crippen molar-refractivity contribution in [2.75, 3.05) is 6.61 Å². The first kappa shape index (κ1) is 9.11. The maximum atomic E-state index is 9.50. The van der Waals surface area contributed by atoms with Crippen LogP contribution in [0.15, 0.2) is 24.7 Å². The third-order valence-corrected chi connectivity index (χ3v) is 1.83. The van der Waals surface area contributed by atoms with Gasteiger partial charge in [0.2, 0.25) is 5.78 Å². The smallest absolute Gasteiger partial charge is 0.234 e. The molecule has 1 atom stereocenters. The van der Waals surface area contributed by atoms with Crippen LogP contribution in [0.1, 0.15) is 18.9 Å². The molecule has 0 radical (unpaired) electrons. The predicted octanol–water partition coefficient (Wildman–Crippen LogP) is 0.757. The number of aromatic nitrogens is 3. The molecule has 2 aromatic heterocycles. The first-order chi connectivity index (χ1) is 6.81. The Bertz CT molecular complexity index is 394. The zero-order valence-electron chi connectivity index (χ0n) is 7.79. The molecular weight excluding hydrogens is 182 g/mol. The number of nitrogens with zero attached hydrogens (tertiary/aromatic N) is 3. The van der Waals surface area contributed by atoms with Gasteiger partial charge in [0.05, 0.1) is 0 Å². The van der Waals surface area contributed by atoms with E-state index in [1.54, 1.807) is 22.9 Å². The normalized spacial score (nSPS) is 13.3. The molecular formula is C9H11N3O2. The number of hydrogen-bond donors (Lipinski definition) is 1. The monoisotopic (exact) mass is 193 g/mol. The molecule has 0 fully saturated rings. The van der Waals surface area contributed by atoms with E-state index in [2.05, 4.69) is 9.97 Å². The summed E-state index contributed by atoms with van der Waals surface area (Å²) >= 11 is 0. The van der Waals surface area contributed by atoms with Crippen LogP contribution >= 0.6 is 0 Å². The van der Waals surface area contributed by atoms with E-state index in [1.807, 2.05) is 13.1 Å². The molecule has 5 heteroatoms. The Balaban J connectivity index is 2.35. The van der Waals surface area contributed by atoms with Crippen LogP contribution in [0.5, 0.6) is 0 Å². The Morgan fingerprint density at radius 2 is 2.50 bits per heavy atom. The Labute approximate surface area is 81.0 Å². The summed E-state index contributed by atoms with van der Waals surface area (Å²) in [5, 5.41) is 9.50. The highest BCUT2D eigenvalue weighted by atomic mass is 16.6. The Kier molecular flexibility index (Phi) is 2.43. The van der Waals surface area contributed by atoms with E-state index in [0.29, 0.717) is 18.1 Å². The fraction of sp³-hybridized carbons (Fsp3) is 0.333. The van der Waals surface area contributed by atoms with Crippen LogP contribution in [-0.4, -0.2) is 26.1 Å². The summed E-state index contributed by atoms with van der Waals surface area (Å²) in [6, 6.07) is 1.80. The summed E-state index contributed by atoms with van der Waals surface area (Å²) in [5.41, 5.74) is 0.477. The lowest BCUT2D eigenvalue weighted by molar-refractivity contribution is -0.100. The lowest BCUT2D eigenvalue weighted by atomic mass is 10.5. The summed E-state index contributed by atoms with van der Waals surface area (Å²) < 4.78 is 6.74. The third kappa shape index (κ3) is 1.59. The zero-order chi connectivity index (χ0) is 9.97. The van der Waals surface area contributed by atoms with Crippen LogP contribution in [0, 0.1) is 0 Å². The summed E-state index contributed by atoms with van der Waals surface area (Å²) in [6.07, 6.45) is 4.20.